The standard InChI is InChI=1S/C17H16ClN3O5/c1-25-14-8-10(6-7-13(14)26-9-15(19)22)16(23)20-21-17(24)11-4-2-3-5-12(11)18/h2-8H,9H2,1H3,(H2,19,22)(H,20,23)(H,21,24). The van der Waals surface area contributed by atoms with E-state index in [1.54, 1.807) is 18.2 Å². The smallest absolute Gasteiger partial charge is 0.271 e. The molecule has 0 bridgehead atoms. The molecular weight excluding hydrogens is 362 g/mol. The van der Waals surface area contributed by atoms with E-state index in [2.05, 4.69) is 10.9 Å². The Hall–Kier alpha value is -3.26. The second-order valence-corrected chi connectivity index (χ2v) is 5.42. The van der Waals surface area contributed by atoms with Gasteiger partial charge in [0.2, 0.25) is 0 Å². The van der Waals surface area contributed by atoms with Crippen LogP contribution < -0.4 is 26.1 Å². The fourth-order valence-corrected chi connectivity index (χ4v) is 2.20. The number of methoxy groups -OCH3 is 1. The van der Waals surface area contributed by atoms with Crippen LogP contribution in [0.15, 0.2) is 42.5 Å². The third-order valence-corrected chi connectivity index (χ3v) is 3.53. The van der Waals surface area contributed by atoms with Crippen molar-refractivity contribution in [2.75, 3.05) is 13.7 Å². The molecule has 0 spiro atoms. The molecule has 26 heavy (non-hydrogen) atoms. The van der Waals surface area contributed by atoms with Crippen LogP contribution in [0, 0.1) is 0 Å². The molecule has 2 aromatic carbocycles. The number of ether oxygens (including phenoxy) is 2. The van der Waals surface area contributed by atoms with Crippen molar-refractivity contribution in [2.45, 2.75) is 0 Å². The molecule has 0 atom stereocenters. The van der Waals surface area contributed by atoms with Crippen molar-refractivity contribution in [3.63, 3.8) is 0 Å². The highest BCUT2D eigenvalue weighted by Crippen LogP contribution is 2.28. The predicted octanol–water partition coefficient (Wildman–Crippen LogP) is 1.29. The van der Waals surface area contributed by atoms with E-state index in [1.807, 2.05) is 0 Å². The first-order chi connectivity index (χ1) is 12.4. The van der Waals surface area contributed by atoms with E-state index < -0.39 is 17.7 Å². The molecule has 0 aliphatic carbocycles. The Morgan fingerprint density at radius 1 is 1.04 bits per heavy atom. The van der Waals surface area contributed by atoms with Gasteiger partial charge in [-0.15, -0.1) is 0 Å². The first-order valence-electron chi connectivity index (χ1n) is 7.36. The lowest BCUT2D eigenvalue weighted by Crippen LogP contribution is -2.41. The Morgan fingerprint density at radius 2 is 1.73 bits per heavy atom. The zero-order valence-electron chi connectivity index (χ0n) is 13.7. The van der Waals surface area contributed by atoms with Crippen LogP contribution in [0.2, 0.25) is 5.02 Å². The van der Waals surface area contributed by atoms with Crippen molar-refractivity contribution in [1.29, 1.82) is 0 Å². The third-order valence-electron chi connectivity index (χ3n) is 3.20. The number of hydrazine groups is 1. The van der Waals surface area contributed by atoms with Crippen LogP contribution in [0.4, 0.5) is 0 Å². The molecule has 0 saturated carbocycles. The van der Waals surface area contributed by atoms with Gasteiger partial charge in [-0.1, -0.05) is 23.7 Å². The van der Waals surface area contributed by atoms with Gasteiger partial charge < -0.3 is 15.2 Å². The number of carbonyl (C=O) groups excluding carboxylic acids is 3. The second kappa shape index (κ2) is 8.72. The highest BCUT2D eigenvalue weighted by atomic mass is 35.5. The summed E-state index contributed by atoms with van der Waals surface area (Å²) in [5.41, 5.74) is 10.00. The maximum atomic E-state index is 12.2. The molecule has 136 valence electrons. The Labute approximate surface area is 154 Å². The van der Waals surface area contributed by atoms with Crippen molar-refractivity contribution in [3.05, 3.63) is 58.6 Å². The molecule has 0 aromatic heterocycles. The molecule has 9 heteroatoms. The van der Waals surface area contributed by atoms with E-state index in [-0.39, 0.29) is 34.3 Å². The summed E-state index contributed by atoms with van der Waals surface area (Å²) in [7, 11) is 1.38. The zero-order valence-corrected chi connectivity index (χ0v) is 14.5. The van der Waals surface area contributed by atoms with Crippen LogP contribution in [-0.4, -0.2) is 31.4 Å². The second-order valence-electron chi connectivity index (χ2n) is 5.01. The van der Waals surface area contributed by atoms with Crippen molar-refractivity contribution in [3.8, 4) is 11.5 Å². The van der Waals surface area contributed by atoms with E-state index >= 15 is 0 Å². The Bertz CT molecular complexity index is 841. The fraction of sp³-hybridized carbons (Fsp3) is 0.118. The largest absolute Gasteiger partial charge is 0.493 e. The molecule has 0 aliphatic heterocycles. The molecule has 0 heterocycles. The lowest BCUT2D eigenvalue weighted by molar-refractivity contribution is -0.119. The first kappa shape index (κ1) is 19.1. The maximum Gasteiger partial charge on any atom is 0.271 e. The van der Waals surface area contributed by atoms with E-state index in [1.165, 1.54) is 31.4 Å². The normalized spacial score (nSPS) is 9.92. The lowest BCUT2D eigenvalue weighted by atomic mass is 10.2. The molecule has 4 N–H and O–H groups in total. The summed E-state index contributed by atoms with van der Waals surface area (Å²) < 4.78 is 10.3. The number of primary amides is 1. The minimum Gasteiger partial charge on any atom is -0.493 e. The fourth-order valence-electron chi connectivity index (χ4n) is 1.98. The summed E-state index contributed by atoms with van der Waals surface area (Å²) in [6.45, 7) is -0.324. The van der Waals surface area contributed by atoms with Gasteiger partial charge in [0.15, 0.2) is 18.1 Å². The monoisotopic (exact) mass is 377 g/mol. The number of amides is 3. The van der Waals surface area contributed by atoms with Crippen LogP contribution in [0.1, 0.15) is 20.7 Å². The molecular formula is C17H16ClN3O5. The summed E-state index contributed by atoms with van der Waals surface area (Å²) >= 11 is 5.92. The highest BCUT2D eigenvalue weighted by Gasteiger charge is 2.14. The topological polar surface area (TPSA) is 120 Å². The molecule has 0 aliphatic rings. The summed E-state index contributed by atoms with van der Waals surface area (Å²) in [5, 5.41) is 0.261. The van der Waals surface area contributed by atoms with Gasteiger partial charge in [-0.2, -0.15) is 0 Å². The van der Waals surface area contributed by atoms with Gasteiger partial charge in [-0.3, -0.25) is 25.2 Å². The van der Waals surface area contributed by atoms with Crippen LogP contribution >= 0.6 is 11.6 Å². The molecule has 0 saturated heterocycles. The van der Waals surface area contributed by atoms with Crippen LogP contribution in [-0.2, 0) is 4.79 Å². The SMILES string of the molecule is COc1cc(C(=O)NNC(=O)c2ccccc2Cl)ccc1OCC(N)=O. The molecule has 0 fully saturated rings. The minimum absolute atomic E-state index is 0.202. The van der Waals surface area contributed by atoms with Gasteiger partial charge in [0.25, 0.3) is 17.7 Å². The molecule has 0 unspecified atom stereocenters. The predicted molar refractivity (Wildman–Crippen MR) is 94.1 cm³/mol. The average molecular weight is 378 g/mol. The number of nitrogens with two attached hydrogens (primary N) is 1. The van der Waals surface area contributed by atoms with Gasteiger partial charge in [-0.25, -0.2) is 0 Å². The van der Waals surface area contributed by atoms with Gasteiger partial charge in [0.05, 0.1) is 17.7 Å². The van der Waals surface area contributed by atoms with Gasteiger partial charge in [-0.05, 0) is 30.3 Å². The van der Waals surface area contributed by atoms with Crippen LogP contribution in [0.3, 0.4) is 0 Å². The zero-order chi connectivity index (χ0) is 19.1. The van der Waals surface area contributed by atoms with E-state index in [0.717, 1.165) is 0 Å². The number of hydrogen-bond acceptors (Lipinski definition) is 5. The number of benzene rings is 2. The quantitative estimate of drug-likeness (QED) is 0.655. The van der Waals surface area contributed by atoms with E-state index in [9.17, 15) is 14.4 Å². The molecule has 2 rings (SSSR count). The van der Waals surface area contributed by atoms with Crippen LogP contribution in [0.25, 0.3) is 0 Å². The summed E-state index contributed by atoms with van der Waals surface area (Å²) in [4.78, 5) is 35.0. The van der Waals surface area contributed by atoms with Gasteiger partial charge in [0, 0.05) is 5.56 Å². The number of rotatable bonds is 6. The number of nitrogens with one attached hydrogen (secondary N) is 2. The molecule has 0 radical (unpaired) electrons. The Kier molecular flexibility index (Phi) is 6.40. The number of hydrogen-bond donors (Lipinski definition) is 3. The van der Waals surface area contributed by atoms with E-state index in [0.29, 0.717) is 0 Å². The summed E-state index contributed by atoms with van der Waals surface area (Å²) in [6.07, 6.45) is 0. The van der Waals surface area contributed by atoms with Crippen molar-refractivity contribution < 1.29 is 23.9 Å². The number of carbonyl (C=O) groups is 3. The molecule has 8 nitrogen and oxygen atoms in total. The van der Waals surface area contributed by atoms with Crippen molar-refractivity contribution in [2.24, 2.45) is 5.73 Å². The number of halogens is 1. The Balaban J connectivity index is 2.04. The average Bonchev–Trinajstić information content (AvgIpc) is 2.64. The van der Waals surface area contributed by atoms with Gasteiger partial charge >= 0.3 is 0 Å². The first-order valence-corrected chi connectivity index (χ1v) is 7.74. The summed E-state index contributed by atoms with van der Waals surface area (Å²) in [6, 6.07) is 10.7. The maximum absolute atomic E-state index is 12.2. The summed E-state index contributed by atoms with van der Waals surface area (Å²) in [5.74, 6) is -1.29. The highest BCUT2D eigenvalue weighted by molar-refractivity contribution is 6.33. The Morgan fingerprint density at radius 3 is 2.38 bits per heavy atom. The third kappa shape index (κ3) is 4.87. The molecule has 3 amide bonds. The van der Waals surface area contributed by atoms with Crippen molar-refractivity contribution in [1.82, 2.24) is 10.9 Å². The minimum atomic E-state index is -0.642. The van der Waals surface area contributed by atoms with Gasteiger partial charge in [0.1, 0.15) is 0 Å². The van der Waals surface area contributed by atoms with Crippen LogP contribution in [0.5, 0.6) is 11.5 Å². The molecule has 2 aromatic rings. The van der Waals surface area contributed by atoms with Crippen molar-refractivity contribution >= 4 is 29.3 Å². The lowest BCUT2D eigenvalue weighted by Gasteiger charge is -2.12. The van der Waals surface area contributed by atoms with E-state index in [4.69, 9.17) is 26.8 Å².